The summed E-state index contributed by atoms with van der Waals surface area (Å²) in [6.07, 6.45) is -0.578. The molecular formula is C14H11Br2FO2. The Morgan fingerprint density at radius 2 is 1.89 bits per heavy atom. The van der Waals surface area contributed by atoms with Crippen molar-refractivity contribution >= 4 is 31.9 Å². The maximum atomic E-state index is 13.6. The second-order valence-corrected chi connectivity index (χ2v) is 5.81. The number of halogens is 3. The highest BCUT2D eigenvalue weighted by atomic mass is 79.9. The molecule has 0 saturated carbocycles. The fourth-order valence-corrected chi connectivity index (χ4v) is 2.62. The molecule has 19 heavy (non-hydrogen) atoms. The van der Waals surface area contributed by atoms with Crippen molar-refractivity contribution in [1.29, 1.82) is 0 Å². The summed E-state index contributed by atoms with van der Waals surface area (Å²) < 4.78 is 20.5. The quantitative estimate of drug-likeness (QED) is 0.781. The Morgan fingerprint density at radius 1 is 1.16 bits per heavy atom. The molecule has 0 aliphatic heterocycles. The lowest BCUT2D eigenvalue weighted by Crippen LogP contribution is -1.94. The van der Waals surface area contributed by atoms with E-state index in [0.29, 0.717) is 5.75 Å². The number of benzene rings is 2. The van der Waals surface area contributed by atoms with Gasteiger partial charge in [-0.1, -0.05) is 37.9 Å². The van der Waals surface area contributed by atoms with E-state index < -0.39 is 11.9 Å². The Hall–Kier alpha value is -0.910. The van der Waals surface area contributed by atoms with E-state index in [4.69, 9.17) is 4.74 Å². The van der Waals surface area contributed by atoms with Crippen LogP contribution in [-0.2, 0) is 0 Å². The van der Waals surface area contributed by atoms with Crippen molar-refractivity contribution in [2.45, 2.75) is 13.0 Å². The molecule has 0 bridgehead atoms. The summed E-state index contributed by atoms with van der Waals surface area (Å²) in [7, 11) is 0. The average Bonchev–Trinajstić information content (AvgIpc) is 2.33. The van der Waals surface area contributed by atoms with Crippen molar-refractivity contribution < 1.29 is 14.2 Å². The SMILES string of the molecule is CC(O)c1ccc(Oc2cc(Br)ccc2F)cc1Br. The van der Waals surface area contributed by atoms with Gasteiger partial charge in [0, 0.05) is 8.95 Å². The second-order valence-electron chi connectivity index (χ2n) is 4.04. The van der Waals surface area contributed by atoms with Crippen LogP contribution in [-0.4, -0.2) is 5.11 Å². The summed E-state index contributed by atoms with van der Waals surface area (Å²) >= 11 is 6.62. The molecular weight excluding hydrogens is 379 g/mol. The lowest BCUT2D eigenvalue weighted by Gasteiger charge is -2.11. The predicted octanol–water partition coefficient (Wildman–Crippen LogP) is 5.20. The van der Waals surface area contributed by atoms with Crippen molar-refractivity contribution in [2.75, 3.05) is 0 Å². The van der Waals surface area contributed by atoms with Crippen molar-refractivity contribution in [3.8, 4) is 11.5 Å². The Kier molecular flexibility index (Phi) is 4.60. The Balaban J connectivity index is 2.29. The molecule has 0 aromatic heterocycles. The van der Waals surface area contributed by atoms with Crippen molar-refractivity contribution in [2.24, 2.45) is 0 Å². The minimum Gasteiger partial charge on any atom is -0.454 e. The first-order valence-corrected chi connectivity index (χ1v) is 7.16. The van der Waals surface area contributed by atoms with Gasteiger partial charge >= 0.3 is 0 Å². The number of hydrogen-bond acceptors (Lipinski definition) is 2. The molecule has 0 spiro atoms. The van der Waals surface area contributed by atoms with Gasteiger partial charge < -0.3 is 9.84 Å². The van der Waals surface area contributed by atoms with Gasteiger partial charge in [0.25, 0.3) is 0 Å². The molecule has 1 N–H and O–H groups in total. The molecule has 0 aliphatic carbocycles. The van der Waals surface area contributed by atoms with Gasteiger partial charge in [0.05, 0.1) is 6.10 Å². The van der Waals surface area contributed by atoms with Crippen molar-refractivity contribution in [3.63, 3.8) is 0 Å². The number of rotatable bonds is 3. The molecule has 2 aromatic rings. The molecule has 0 amide bonds. The summed E-state index contributed by atoms with van der Waals surface area (Å²) in [5, 5.41) is 9.53. The molecule has 2 nitrogen and oxygen atoms in total. The van der Waals surface area contributed by atoms with E-state index in [2.05, 4.69) is 31.9 Å². The molecule has 0 fully saturated rings. The number of aliphatic hydroxyl groups excluding tert-OH is 1. The smallest absolute Gasteiger partial charge is 0.165 e. The Morgan fingerprint density at radius 3 is 2.53 bits per heavy atom. The average molecular weight is 390 g/mol. The van der Waals surface area contributed by atoms with Crippen LogP contribution in [0.2, 0.25) is 0 Å². The summed E-state index contributed by atoms with van der Waals surface area (Å²) in [6.45, 7) is 1.68. The normalized spacial score (nSPS) is 12.3. The van der Waals surface area contributed by atoms with Crippen LogP contribution in [0.1, 0.15) is 18.6 Å². The topological polar surface area (TPSA) is 29.5 Å². The molecule has 0 radical (unpaired) electrons. The first-order chi connectivity index (χ1) is 8.97. The molecule has 2 rings (SSSR count). The third-order valence-electron chi connectivity index (χ3n) is 2.54. The van der Waals surface area contributed by atoms with E-state index in [9.17, 15) is 9.50 Å². The predicted molar refractivity (Wildman–Crippen MR) is 78.9 cm³/mol. The monoisotopic (exact) mass is 388 g/mol. The van der Waals surface area contributed by atoms with Gasteiger partial charge in [-0.2, -0.15) is 0 Å². The highest BCUT2D eigenvalue weighted by Gasteiger charge is 2.10. The highest BCUT2D eigenvalue weighted by Crippen LogP contribution is 2.32. The molecule has 1 unspecified atom stereocenters. The number of hydrogen-bond donors (Lipinski definition) is 1. The maximum absolute atomic E-state index is 13.6. The summed E-state index contributed by atoms with van der Waals surface area (Å²) in [4.78, 5) is 0. The van der Waals surface area contributed by atoms with E-state index in [1.165, 1.54) is 6.07 Å². The van der Waals surface area contributed by atoms with E-state index >= 15 is 0 Å². The van der Waals surface area contributed by atoms with Crippen LogP contribution in [0.4, 0.5) is 4.39 Å². The van der Waals surface area contributed by atoms with E-state index in [-0.39, 0.29) is 5.75 Å². The molecule has 0 aliphatic rings. The standard InChI is InChI=1S/C14H11Br2FO2/c1-8(18)11-4-3-10(7-12(11)16)19-14-6-9(15)2-5-13(14)17/h2-8,18H,1H3. The fourth-order valence-electron chi connectivity index (χ4n) is 1.59. The van der Waals surface area contributed by atoms with Gasteiger partial charge in [-0.3, -0.25) is 0 Å². The van der Waals surface area contributed by atoms with Crippen LogP contribution in [0, 0.1) is 5.82 Å². The van der Waals surface area contributed by atoms with Crippen molar-refractivity contribution in [3.05, 3.63) is 56.7 Å². The first kappa shape index (κ1) is 14.5. The van der Waals surface area contributed by atoms with Crippen LogP contribution in [0.25, 0.3) is 0 Å². The zero-order valence-electron chi connectivity index (χ0n) is 10.0. The maximum Gasteiger partial charge on any atom is 0.165 e. The zero-order valence-corrected chi connectivity index (χ0v) is 13.2. The van der Waals surface area contributed by atoms with Gasteiger partial charge in [-0.15, -0.1) is 0 Å². The third-order valence-corrected chi connectivity index (χ3v) is 3.72. The Labute approximate surface area is 127 Å². The van der Waals surface area contributed by atoms with E-state index in [1.54, 1.807) is 37.3 Å². The van der Waals surface area contributed by atoms with Crippen molar-refractivity contribution in [1.82, 2.24) is 0 Å². The summed E-state index contributed by atoms with van der Waals surface area (Å²) in [6, 6.07) is 9.62. The van der Waals surface area contributed by atoms with E-state index in [1.807, 2.05) is 0 Å². The molecule has 0 heterocycles. The van der Waals surface area contributed by atoms with Gasteiger partial charge in [0.15, 0.2) is 11.6 Å². The molecule has 100 valence electrons. The summed E-state index contributed by atoms with van der Waals surface area (Å²) in [5.41, 5.74) is 0.752. The molecule has 2 aromatic carbocycles. The lowest BCUT2D eigenvalue weighted by atomic mass is 10.1. The largest absolute Gasteiger partial charge is 0.454 e. The first-order valence-electron chi connectivity index (χ1n) is 5.58. The Bertz CT molecular complexity index is 600. The van der Waals surface area contributed by atoms with Gasteiger partial charge in [0.2, 0.25) is 0 Å². The minimum atomic E-state index is -0.578. The van der Waals surface area contributed by atoms with Gasteiger partial charge in [0.1, 0.15) is 5.75 Å². The van der Waals surface area contributed by atoms with Gasteiger partial charge in [-0.25, -0.2) is 4.39 Å². The van der Waals surface area contributed by atoms with Crippen LogP contribution >= 0.6 is 31.9 Å². The minimum absolute atomic E-state index is 0.145. The van der Waals surface area contributed by atoms with Crippen LogP contribution < -0.4 is 4.74 Å². The fraction of sp³-hybridized carbons (Fsp3) is 0.143. The second kappa shape index (κ2) is 6.03. The molecule has 0 saturated heterocycles. The zero-order chi connectivity index (χ0) is 14.0. The van der Waals surface area contributed by atoms with Crippen LogP contribution in [0.3, 0.4) is 0 Å². The lowest BCUT2D eigenvalue weighted by molar-refractivity contribution is 0.198. The highest BCUT2D eigenvalue weighted by molar-refractivity contribution is 9.10. The summed E-state index contributed by atoms with van der Waals surface area (Å²) in [5.74, 6) is 0.207. The number of aliphatic hydroxyl groups is 1. The number of ether oxygens (including phenoxy) is 1. The van der Waals surface area contributed by atoms with Crippen LogP contribution in [0.5, 0.6) is 11.5 Å². The van der Waals surface area contributed by atoms with Gasteiger partial charge in [-0.05, 0) is 42.8 Å². The molecule has 5 heteroatoms. The third kappa shape index (κ3) is 3.55. The van der Waals surface area contributed by atoms with Crippen LogP contribution in [0.15, 0.2) is 45.3 Å². The molecule has 1 atom stereocenters. The van der Waals surface area contributed by atoms with E-state index in [0.717, 1.165) is 14.5 Å².